The molecule has 0 amide bonds. The van der Waals surface area contributed by atoms with Crippen molar-refractivity contribution in [3.63, 3.8) is 0 Å². The van der Waals surface area contributed by atoms with Crippen LogP contribution in [-0.4, -0.2) is 37.3 Å². The number of benzene rings is 1. The molecule has 0 aromatic heterocycles. The van der Waals surface area contributed by atoms with Crippen molar-refractivity contribution in [2.24, 2.45) is 5.92 Å². The number of aryl methyl sites for hydroxylation is 1. The van der Waals surface area contributed by atoms with E-state index < -0.39 is 10.1 Å². The highest BCUT2D eigenvalue weighted by molar-refractivity contribution is 7.85. The van der Waals surface area contributed by atoms with Crippen LogP contribution in [-0.2, 0) is 10.1 Å². The second-order valence-electron chi connectivity index (χ2n) is 4.80. The van der Waals surface area contributed by atoms with Crippen molar-refractivity contribution in [1.29, 1.82) is 0 Å². The molecular weight excluding hydrogens is 266 g/mol. The van der Waals surface area contributed by atoms with E-state index in [0.717, 1.165) is 12.1 Å². The second kappa shape index (κ2) is 7.00. The van der Waals surface area contributed by atoms with Gasteiger partial charge in [-0.1, -0.05) is 24.6 Å². The summed E-state index contributed by atoms with van der Waals surface area (Å²) in [5, 5.41) is 11.9. The summed E-state index contributed by atoms with van der Waals surface area (Å²) in [6, 6.07) is 6.36. The van der Waals surface area contributed by atoms with Crippen LogP contribution in [0.3, 0.4) is 0 Å². The van der Waals surface area contributed by atoms with Gasteiger partial charge < -0.3 is 10.4 Å². The van der Waals surface area contributed by atoms with Crippen LogP contribution in [0.5, 0.6) is 0 Å². The Labute approximate surface area is 114 Å². The summed E-state index contributed by atoms with van der Waals surface area (Å²) in [7, 11) is -4.02. The predicted octanol–water partition coefficient (Wildman–Crippen LogP) is 1.22. The normalized spacial score (nSPS) is 22.7. The highest BCUT2D eigenvalue weighted by Gasteiger charge is 2.20. The van der Waals surface area contributed by atoms with E-state index in [1.54, 1.807) is 12.1 Å². The SMILES string of the molecule is C[C@H]1CCN[C@H]1CO.Cc1ccc(S(=O)(=O)O)cc1. The third kappa shape index (κ3) is 5.28. The molecule has 0 bridgehead atoms. The summed E-state index contributed by atoms with van der Waals surface area (Å²) in [4.78, 5) is -0.0666. The van der Waals surface area contributed by atoms with Crippen LogP contribution in [0.25, 0.3) is 0 Å². The maximum Gasteiger partial charge on any atom is 0.294 e. The Bertz CT molecular complexity index is 484. The lowest BCUT2D eigenvalue weighted by Gasteiger charge is -2.10. The predicted molar refractivity (Wildman–Crippen MR) is 73.7 cm³/mol. The molecule has 108 valence electrons. The number of hydrogen-bond donors (Lipinski definition) is 3. The van der Waals surface area contributed by atoms with Gasteiger partial charge in [-0.2, -0.15) is 8.42 Å². The first-order valence-corrected chi connectivity index (χ1v) is 7.67. The molecule has 3 N–H and O–H groups in total. The van der Waals surface area contributed by atoms with Gasteiger partial charge in [0.15, 0.2) is 0 Å². The average Bonchev–Trinajstić information content (AvgIpc) is 2.75. The number of hydrogen-bond acceptors (Lipinski definition) is 4. The highest BCUT2D eigenvalue weighted by atomic mass is 32.2. The minimum atomic E-state index is -4.02. The standard InChI is InChI=1S/C7H8O3S.C6H13NO/c1-6-2-4-7(5-3-6)11(8,9)10;1-5-2-3-7-6(5)4-8/h2-5H,1H3,(H,8,9,10);5-8H,2-4H2,1H3/t;5-,6-/m.0/s1. The van der Waals surface area contributed by atoms with Crippen LogP contribution in [0, 0.1) is 12.8 Å². The van der Waals surface area contributed by atoms with Gasteiger partial charge >= 0.3 is 0 Å². The Balaban J connectivity index is 0.000000200. The van der Waals surface area contributed by atoms with E-state index in [0.29, 0.717) is 18.6 Å². The quantitative estimate of drug-likeness (QED) is 0.712. The Morgan fingerprint density at radius 3 is 2.21 bits per heavy atom. The van der Waals surface area contributed by atoms with Gasteiger partial charge in [0.25, 0.3) is 10.1 Å². The van der Waals surface area contributed by atoms with E-state index in [4.69, 9.17) is 9.66 Å². The summed E-state index contributed by atoms with van der Waals surface area (Å²) in [6.07, 6.45) is 1.21. The van der Waals surface area contributed by atoms with Crippen molar-refractivity contribution in [2.45, 2.75) is 31.2 Å². The molecule has 5 nitrogen and oxygen atoms in total. The van der Waals surface area contributed by atoms with E-state index in [-0.39, 0.29) is 4.90 Å². The molecule has 2 atom stereocenters. The lowest BCUT2D eigenvalue weighted by atomic mass is 10.1. The molecule has 0 radical (unpaired) electrons. The zero-order valence-electron chi connectivity index (χ0n) is 11.2. The lowest BCUT2D eigenvalue weighted by Crippen LogP contribution is -2.29. The topological polar surface area (TPSA) is 86.6 Å². The minimum absolute atomic E-state index is 0.0666. The molecule has 1 aliphatic rings. The Kier molecular flexibility index (Phi) is 5.93. The monoisotopic (exact) mass is 287 g/mol. The van der Waals surface area contributed by atoms with Crippen molar-refractivity contribution in [2.75, 3.05) is 13.2 Å². The molecule has 1 aromatic rings. The van der Waals surface area contributed by atoms with Gasteiger partial charge in [0.05, 0.1) is 11.5 Å². The molecule has 1 aliphatic heterocycles. The number of nitrogens with one attached hydrogen (secondary N) is 1. The smallest absolute Gasteiger partial charge is 0.294 e. The van der Waals surface area contributed by atoms with Gasteiger partial charge in [-0.25, -0.2) is 0 Å². The fourth-order valence-electron chi connectivity index (χ4n) is 1.85. The largest absolute Gasteiger partial charge is 0.395 e. The number of aliphatic hydroxyl groups is 1. The molecule has 0 spiro atoms. The highest BCUT2D eigenvalue weighted by Crippen LogP contribution is 2.12. The third-order valence-electron chi connectivity index (χ3n) is 3.21. The molecular formula is C13H21NO4S. The van der Waals surface area contributed by atoms with Crippen LogP contribution in [0.4, 0.5) is 0 Å². The first kappa shape index (κ1) is 16.1. The molecule has 0 saturated carbocycles. The lowest BCUT2D eigenvalue weighted by molar-refractivity contribution is 0.233. The molecule has 6 heteroatoms. The molecule has 1 saturated heterocycles. The Morgan fingerprint density at radius 2 is 1.89 bits per heavy atom. The minimum Gasteiger partial charge on any atom is -0.395 e. The molecule has 2 rings (SSSR count). The summed E-state index contributed by atoms with van der Waals surface area (Å²) in [6.45, 7) is 5.38. The van der Waals surface area contributed by atoms with Crippen molar-refractivity contribution in [3.05, 3.63) is 29.8 Å². The van der Waals surface area contributed by atoms with Gasteiger partial charge in [-0.3, -0.25) is 4.55 Å². The van der Waals surface area contributed by atoms with Gasteiger partial charge in [0.2, 0.25) is 0 Å². The van der Waals surface area contributed by atoms with Gasteiger partial charge in [0.1, 0.15) is 0 Å². The zero-order valence-corrected chi connectivity index (χ0v) is 12.0. The van der Waals surface area contributed by atoms with Crippen molar-refractivity contribution < 1.29 is 18.1 Å². The molecule has 1 heterocycles. The zero-order chi connectivity index (χ0) is 14.5. The molecule has 1 aromatic carbocycles. The number of aliphatic hydroxyl groups excluding tert-OH is 1. The van der Waals surface area contributed by atoms with Crippen molar-refractivity contribution in [1.82, 2.24) is 5.32 Å². The van der Waals surface area contributed by atoms with E-state index in [1.165, 1.54) is 18.6 Å². The van der Waals surface area contributed by atoms with Crippen LogP contribution in [0.15, 0.2) is 29.2 Å². The fraction of sp³-hybridized carbons (Fsp3) is 0.538. The summed E-state index contributed by atoms with van der Waals surface area (Å²) in [5.74, 6) is 0.667. The molecule has 0 unspecified atom stereocenters. The van der Waals surface area contributed by atoms with E-state index in [2.05, 4.69) is 12.2 Å². The van der Waals surface area contributed by atoms with E-state index >= 15 is 0 Å². The van der Waals surface area contributed by atoms with Gasteiger partial charge in [-0.05, 0) is 37.9 Å². The third-order valence-corrected chi connectivity index (χ3v) is 4.08. The van der Waals surface area contributed by atoms with Crippen LogP contribution in [0.2, 0.25) is 0 Å². The summed E-state index contributed by atoms with van der Waals surface area (Å²) >= 11 is 0. The maximum absolute atomic E-state index is 10.5. The van der Waals surface area contributed by atoms with Gasteiger partial charge in [-0.15, -0.1) is 0 Å². The van der Waals surface area contributed by atoms with E-state index in [1.807, 2.05) is 6.92 Å². The summed E-state index contributed by atoms with van der Waals surface area (Å²) < 4.78 is 29.6. The number of rotatable bonds is 2. The van der Waals surface area contributed by atoms with Crippen molar-refractivity contribution >= 4 is 10.1 Å². The average molecular weight is 287 g/mol. The summed E-state index contributed by atoms with van der Waals surface area (Å²) in [5.41, 5.74) is 0.956. The molecule has 19 heavy (non-hydrogen) atoms. The Hall–Kier alpha value is -0.950. The van der Waals surface area contributed by atoms with Crippen LogP contribution in [0.1, 0.15) is 18.9 Å². The fourth-order valence-corrected chi connectivity index (χ4v) is 2.33. The Morgan fingerprint density at radius 1 is 1.32 bits per heavy atom. The van der Waals surface area contributed by atoms with Crippen molar-refractivity contribution in [3.8, 4) is 0 Å². The second-order valence-corrected chi connectivity index (χ2v) is 6.22. The van der Waals surface area contributed by atoms with Crippen LogP contribution >= 0.6 is 0 Å². The first-order chi connectivity index (χ1) is 8.84. The molecule has 0 aliphatic carbocycles. The molecule has 1 fully saturated rings. The van der Waals surface area contributed by atoms with E-state index in [9.17, 15) is 8.42 Å². The van der Waals surface area contributed by atoms with Crippen LogP contribution < -0.4 is 5.32 Å². The first-order valence-electron chi connectivity index (χ1n) is 6.23. The maximum atomic E-state index is 10.5. The van der Waals surface area contributed by atoms with Gasteiger partial charge in [0, 0.05) is 6.04 Å².